The Labute approximate surface area is 125 Å². The highest BCUT2D eigenvalue weighted by Crippen LogP contribution is 2.29. The number of hydrogen-bond acceptors (Lipinski definition) is 2. The van der Waals surface area contributed by atoms with Gasteiger partial charge in [-0.2, -0.15) is 0 Å². The van der Waals surface area contributed by atoms with Crippen LogP contribution in [0.5, 0.6) is 5.75 Å². The lowest BCUT2D eigenvalue weighted by Crippen LogP contribution is -2.20. The van der Waals surface area contributed by atoms with Crippen molar-refractivity contribution in [2.24, 2.45) is 0 Å². The van der Waals surface area contributed by atoms with Gasteiger partial charge in [-0.1, -0.05) is 35.3 Å². The summed E-state index contributed by atoms with van der Waals surface area (Å²) in [7, 11) is 0. The number of anilines is 1. The second-order valence-electron chi connectivity index (χ2n) is 3.90. The molecule has 0 aliphatic carbocycles. The van der Waals surface area contributed by atoms with E-state index in [-0.39, 0.29) is 17.4 Å². The highest BCUT2D eigenvalue weighted by Gasteiger charge is 2.09. The summed E-state index contributed by atoms with van der Waals surface area (Å²) in [6.45, 7) is -0.258. The first-order valence-electron chi connectivity index (χ1n) is 5.68. The summed E-state index contributed by atoms with van der Waals surface area (Å²) in [5, 5.41) is 3.16. The maximum Gasteiger partial charge on any atom is 0.262 e. The van der Waals surface area contributed by atoms with Crippen LogP contribution in [-0.2, 0) is 4.79 Å². The molecule has 20 heavy (non-hydrogen) atoms. The van der Waals surface area contributed by atoms with Crippen molar-refractivity contribution in [2.45, 2.75) is 0 Å². The van der Waals surface area contributed by atoms with Gasteiger partial charge >= 0.3 is 0 Å². The molecule has 0 saturated heterocycles. The van der Waals surface area contributed by atoms with Gasteiger partial charge < -0.3 is 10.1 Å². The fraction of sp³-hybridized carbons (Fsp3) is 0.0714. The molecular weight excluding hydrogens is 304 g/mol. The van der Waals surface area contributed by atoms with Crippen LogP contribution in [0, 0.1) is 5.82 Å². The van der Waals surface area contributed by atoms with Crippen LogP contribution in [-0.4, -0.2) is 12.5 Å². The Morgan fingerprint density at radius 2 is 1.95 bits per heavy atom. The van der Waals surface area contributed by atoms with Crippen LogP contribution in [0.3, 0.4) is 0 Å². The summed E-state index contributed by atoms with van der Waals surface area (Å²) in [5.74, 6) is -0.573. The van der Waals surface area contributed by atoms with E-state index in [9.17, 15) is 9.18 Å². The van der Waals surface area contributed by atoms with Crippen molar-refractivity contribution < 1.29 is 13.9 Å². The SMILES string of the molecule is O=C(COc1cccc(F)c1)Nc1cccc(Cl)c1Cl. The molecule has 2 aromatic carbocycles. The molecule has 0 atom stereocenters. The topological polar surface area (TPSA) is 38.3 Å². The fourth-order valence-corrected chi connectivity index (χ4v) is 1.84. The molecule has 0 radical (unpaired) electrons. The average Bonchev–Trinajstić information content (AvgIpc) is 2.42. The predicted octanol–water partition coefficient (Wildman–Crippen LogP) is 4.15. The number of carbonyl (C=O) groups excluding carboxylic acids is 1. The normalized spacial score (nSPS) is 10.2. The quantitative estimate of drug-likeness (QED) is 0.920. The highest BCUT2D eigenvalue weighted by molar-refractivity contribution is 6.43. The van der Waals surface area contributed by atoms with E-state index in [1.165, 1.54) is 18.2 Å². The van der Waals surface area contributed by atoms with Crippen molar-refractivity contribution in [3.05, 3.63) is 58.3 Å². The van der Waals surface area contributed by atoms with Crippen molar-refractivity contribution in [3.63, 3.8) is 0 Å². The number of halogens is 3. The zero-order valence-corrected chi connectivity index (χ0v) is 11.7. The molecule has 6 heteroatoms. The monoisotopic (exact) mass is 313 g/mol. The van der Waals surface area contributed by atoms with E-state index in [1.54, 1.807) is 24.3 Å². The Balaban J connectivity index is 1.94. The van der Waals surface area contributed by atoms with Gasteiger partial charge in [-0.15, -0.1) is 0 Å². The molecule has 0 spiro atoms. The molecule has 3 nitrogen and oxygen atoms in total. The molecule has 2 rings (SSSR count). The maximum absolute atomic E-state index is 12.9. The molecule has 1 N–H and O–H groups in total. The number of nitrogens with one attached hydrogen (secondary N) is 1. The first-order chi connectivity index (χ1) is 9.56. The van der Waals surface area contributed by atoms with E-state index in [1.807, 2.05) is 0 Å². The van der Waals surface area contributed by atoms with Gasteiger partial charge in [-0.05, 0) is 24.3 Å². The second kappa shape index (κ2) is 6.59. The standard InChI is InChI=1S/C14H10Cl2FNO2/c15-11-5-2-6-12(14(11)16)18-13(19)8-20-10-4-1-3-9(17)7-10/h1-7H,8H2,(H,18,19). The molecule has 104 valence electrons. The highest BCUT2D eigenvalue weighted by atomic mass is 35.5. The van der Waals surface area contributed by atoms with Gasteiger partial charge in [0.2, 0.25) is 0 Å². The van der Waals surface area contributed by atoms with Crippen LogP contribution in [0.25, 0.3) is 0 Å². The molecule has 0 aliphatic rings. The van der Waals surface area contributed by atoms with E-state index in [0.29, 0.717) is 10.7 Å². The second-order valence-corrected chi connectivity index (χ2v) is 4.68. The minimum absolute atomic E-state index is 0.258. The molecule has 0 bridgehead atoms. The summed E-state index contributed by atoms with van der Waals surface area (Å²) in [6, 6.07) is 10.4. The van der Waals surface area contributed by atoms with Crippen LogP contribution >= 0.6 is 23.2 Å². The van der Waals surface area contributed by atoms with E-state index in [2.05, 4.69) is 5.32 Å². The Kier molecular flexibility index (Phi) is 4.82. The molecule has 0 unspecified atom stereocenters. The van der Waals surface area contributed by atoms with Gasteiger partial charge in [-0.25, -0.2) is 4.39 Å². The third-order valence-electron chi connectivity index (χ3n) is 2.39. The molecule has 0 aliphatic heterocycles. The summed E-state index contributed by atoms with van der Waals surface area (Å²) in [4.78, 5) is 11.7. The van der Waals surface area contributed by atoms with Gasteiger partial charge in [0.15, 0.2) is 6.61 Å². The fourth-order valence-electron chi connectivity index (χ4n) is 1.49. The van der Waals surface area contributed by atoms with Gasteiger partial charge in [0.05, 0.1) is 15.7 Å². The molecule has 0 aromatic heterocycles. The summed E-state index contributed by atoms with van der Waals surface area (Å²) < 4.78 is 18.1. The molecule has 0 heterocycles. The Bertz CT molecular complexity index is 634. The molecular formula is C14H10Cl2FNO2. The van der Waals surface area contributed by atoms with E-state index in [4.69, 9.17) is 27.9 Å². The van der Waals surface area contributed by atoms with Gasteiger partial charge in [-0.3, -0.25) is 4.79 Å². The minimum atomic E-state index is -0.430. The molecule has 1 amide bonds. The van der Waals surface area contributed by atoms with Crippen molar-refractivity contribution in [1.29, 1.82) is 0 Å². The van der Waals surface area contributed by atoms with Crippen LogP contribution in [0.1, 0.15) is 0 Å². The Hall–Kier alpha value is -1.78. The van der Waals surface area contributed by atoms with Gasteiger partial charge in [0.1, 0.15) is 11.6 Å². The smallest absolute Gasteiger partial charge is 0.262 e. The van der Waals surface area contributed by atoms with Crippen LogP contribution in [0.2, 0.25) is 10.0 Å². The largest absolute Gasteiger partial charge is 0.484 e. The number of amides is 1. The van der Waals surface area contributed by atoms with Gasteiger partial charge in [0, 0.05) is 6.07 Å². The number of rotatable bonds is 4. The predicted molar refractivity (Wildman–Crippen MR) is 77.0 cm³/mol. The average molecular weight is 314 g/mol. The Morgan fingerprint density at radius 1 is 1.20 bits per heavy atom. The molecule has 0 saturated carbocycles. The summed E-state index contributed by atoms with van der Waals surface area (Å²) >= 11 is 11.8. The van der Waals surface area contributed by atoms with Crippen molar-refractivity contribution in [3.8, 4) is 5.75 Å². The lowest BCUT2D eigenvalue weighted by atomic mass is 10.3. The van der Waals surface area contributed by atoms with Crippen LogP contribution in [0.15, 0.2) is 42.5 Å². The number of benzene rings is 2. The van der Waals surface area contributed by atoms with E-state index >= 15 is 0 Å². The number of hydrogen-bond donors (Lipinski definition) is 1. The van der Waals surface area contributed by atoms with Gasteiger partial charge in [0.25, 0.3) is 5.91 Å². The Morgan fingerprint density at radius 3 is 2.70 bits per heavy atom. The number of carbonyl (C=O) groups is 1. The van der Waals surface area contributed by atoms with E-state index < -0.39 is 11.7 Å². The minimum Gasteiger partial charge on any atom is -0.484 e. The van der Waals surface area contributed by atoms with Crippen molar-refractivity contribution >= 4 is 34.8 Å². The summed E-state index contributed by atoms with van der Waals surface area (Å²) in [5.41, 5.74) is 0.395. The first-order valence-corrected chi connectivity index (χ1v) is 6.44. The molecule has 0 fully saturated rings. The number of ether oxygens (including phenoxy) is 1. The maximum atomic E-state index is 12.9. The molecule has 2 aromatic rings. The van der Waals surface area contributed by atoms with Crippen molar-refractivity contribution in [2.75, 3.05) is 11.9 Å². The lowest BCUT2D eigenvalue weighted by Gasteiger charge is -2.09. The zero-order valence-electron chi connectivity index (χ0n) is 10.2. The zero-order chi connectivity index (χ0) is 14.5. The first kappa shape index (κ1) is 14.6. The van der Waals surface area contributed by atoms with Crippen LogP contribution in [0.4, 0.5) is 10.1 Å². The third kappa shape index (κ3) is 3.85. The third-order valence-corrected chi connectivity index (χ3v) is 3.21. The summed E-state index contributed by atoms with van der Waals surface area (Å²) in [6.07, 6.45) is 0. The van der Waals surface area contributed by atoms with Crippen molar-refractivity contribution in [1.82, 2.24) is 0 Å². The lowest BCUT2D eigenvalue weighted by molar-refractivity contribution is -0.118. The van der Waals surface area contributed by atoms with E-state index in [0.717, 1.165) is 0 Å². The van der Waals surface area contributed by atoms with Crippen LogP contribution < -0.4 is 10.1 Å².